The van der Waals surface area contributed by atoms with Gasteiger partial charge < -0.3 is 15.0 Å². The number of urea groups is 1. The summed E-state index contributed by atoms with van der Waals surface area (Å²) < 4.78 is 5.79. The fourth-order valence-electron chi connectivity index (χ4n) is 2.94. The molecule has 1 aliphatic rings. The highest BCUT2D eigenvalue weighted by molar-refractivity contribution is 7.18. The topological polar surface area (TPSA) is 92.3 Å². The van der Waals surface area contributed by atoms with Crippen LogP contribution in [0.5, 0.6) is 5.75 Å². The van der Waals surface area contributed by atoms with Gasteiger partial charge in [0.1, 0.15) is 17.4 Å². The van der Waals surface area contributed by atoms with E-state index in [1.165, 1.54) is 11.3 Å². The molecule has 0 saturated carbocycles. The smallest absolute Gasteiger partial charge is 0.324 e. The van der Waals surface area contributed by atoms with Crippen molar-refractivity contribution in [1.82, 2.24) is 25.4 Å². The van der Waals surface area contributed by atoms with Crippen LogP contribution in [0.15, 0.2) is 54.9 Å². The number of benzene rings is 1. The zero-order valence-corrected chi connectivity index (χ0v) is 18.4. The number of aromatic nitrogens is 3. The van der Waals surface area contributed by atoms with E-state index in [0.717, 1.165) is 17.1 Å². The number of carbonyl (C=O) groups is 1. The van der Waals surface area contributed by atoms with E-state index in [2.05, 4.69) is 25.8 Å². The number of hydrogen-bond acceptors (Lipinski definition) is 7. The van der Waals surface area contributed by atoms with Crippen molar-refractivity contribution < 1.29 is 9.53 Å². The summed E-state index contributed by atoms with van der Waals surface area (Å²) in [6.45, 7) is 2.38. The number of pyridine rings is 1. The van der Waals surface area contributed by atoms with Gasteiger partial charge in [-0.3, -0.25) is 10.3 Å². The molecule has 2 amide bonds. The molecular weight excluding hydrogens is 447 g/mol. The van der Waals surface area contributed by atoms with Gasteiger partial charge in [-0.1, -0.05) is 41.7 Å². The molecule has 1 aromatic carbocycles. The van der Waals surface area contributed by atoms with Crippen LogP contribution in [0.3, 0.4) is 0 Å². The Hall–Kier alpha value is -2.46. The van der Waals surface area contributed by atoms with Crippen LogP contribution in [0.1, 0.15) is 0 Å². The molecule has 2 aromatic heterocycles. The van der Waals surface area contributed by atoms with E-state index < -0.39 is 0 Å². The maximum Gasteiger partial charge on any atom is 0.324 e. The Labute approximate surface area is 190 Å². The summed E-state index contributed by atoms with van der Waals surface area (Å²) in [6.07, 6.45) is 3.35. The molecule has 3 aromatic rings. The lowest BCUT2D eigenvalue weighted by Crippen LogP contribution is -2.57. The van der Waals surface area contributed by atoms with Gasteiger partial charge in [-0.25, -0.2) is 4.79 Å². The van der Waals surface area contributed by atoms with Crippen molar-refractivity contribution in [1.29, 1.82) is 0 Å². The predicted molar refractivity (Wildman–Crippen MR) is 122 cm³/mol. The number of amides is 2. The molecule has 1 saturated heterocycles. The van der Waals surface area contributed by atoms with Crippen LogP contribution in [0, 0.1) is 0 Å². The molecule has 8 nitrogen and oxygen atoms in total. The van der Waals surface area contributed by atoms with Crippen molar-refractivity contribution in [2.45, 2.75) is 6.04 Å². The van der Waals surface area contributed by atoms with Crippen LogP contribution in [-0.2, 0) is 0 Å². The van der Waals surface area contributed by atoms with Crippen molar-refractivity contribution in [3.8, 4) is 16.3 Å². The number of nitrogens with zero attached hydrogens (tertiary/aromatic N) is 4. The summed E-state index contributed by atoms with van der Waals surface area (Å²) in [5.74, 6) is 0.685. The zero-order valence-electron chi connectivity index (χ0n) is 15.9. The number of nitrogens with one attached hydrogen (secondary N) is 2. The molecular formula is C19H22Cl2N6O2S. The second kappa shape index (κ2) is 11.7. The second-order valence-electron chi connectivity index (χ2n) is 6.26. The third kappa shape index (κ3) is 6.02. The quantitative estimate of drug-likeness (QED) is 0.596. The number of ether oxygens (including phenoxy) is 1. The van der Waals surface area contributed by atoms with E-state index in [0.29, 0.717) is 30.6 Å². The molecule has 0 bridgehead atoms. The lowest BCUT2D eigenvalue weighted by Gasteiger charge is -2.35. The molecule has 0 spiro atoms. The lowest BCUT2D eigenvalue weighted by atomic mass is 10.2. The van der Waals surface area contributed by atoms with Gasteiger partial charge in [0, 0.05) is 31.4 Å². The van der Waals surface area contributed by atoms with Gasteiger partial charge in [0.05, 0.1) is 12.2 Å². The van der Waals surface area contributed by atoms with Gasteiger partial charge in [-0.15, -0.1) is 35.0 Å². The van der Waals surface area contributed by atoms with Gasteiger partial charge in [0.15, 0.2) is 0 Å². The highest BCUT2D eigenvalue weighted by Gasteiger charge is 2.28. The Bertz CT molecular complexity index is 916. The average Bonchev–Trinajstić information content (AvgIpc) is 3.22. The third-order valence-corrected chi connectivity index (χ3v) is 5.24. The van der Waals surface area contributed by atoms with Gasteiger partial charge in [-0.2, -0.15) is 0 Å². The van der Waals surface area contributed by atoms with Gasteiger partial charge in [0.25, 0.3) is 0 Å². The fraction of sp³-hybridized carbons (Fsp3) is 0.263. The molecule has 30 heavy (non-hydrogen) atoms. The molecule has 3 heterocycles. The Balaban J connectivity index is 0.00000160. The van der Waals surface area contributed by atoms with Crippen LogP contribution in [0.4, 0.5) is 9.93 Å². The maximum atomic E-state index is 12.8. The van der Waals surface area contributed by atoms with Crippen molar-refractivity contribution in [3.63, 3.8) is 0 Å². The fourth-order valence-corrected chi connectivity index (χ4v) is 3.68. The van der Waals surface area contributed by atoms with E-state index in [4.69, 9.17) is 4.74 Å². The highest BCUT2D eigenvalue weighted by atomic mass is 35.5. The van der Waals surface area contributed by atoms with Crippen LogP contribution in [-0.4, -0.2) is 58.4 Å². The number of rotatable bonds is 5. The Morgan fingerprint density at radius 1 is 1.20 bits per heavy atom. The Morgan fingerprint density at radius 3 is 2.80 bits per heavy atom. The Morgan fingerprint density at radius 2 is 2.03 bits per heavy atom. The van der Waals surface area contributed by atoms with Crippen LogP contribution in [0.2, 0.25) is 0 Å². The molecule has 0 radical (unpaired) electrons. The van der Waals surface area contributed by atoms with Crippen molar-refractivity contribution >= 4 is 47.3 Å². The number of halogens is 2. The molecule has 0 aliphatic carbocycles. The summed E-state index contributed by atoms with van der Waals surface area (Å²) in [7, 11) is 0. The van der Waals surface area contributed by atoms with Crippen LogP contribution < -0.4 is 15.4 Å². The first-order valence-corrected chi connectivity index (χ1v) is 9.81. The second-order valence-corrected chi connectivity index (χ2v) is 7.24. The standard InChI is InChI=1S/C19H20N6O2S.2ClH/c26-19(22-18-24-23-17(28-18)14-5-2-1-3-6-14)25-10-9-21-11-15(25)13-27-16-7-4-8-20-12-16;;/h1-8,12,15,21H,9-11,13H2,(H,22,24,26);2*1H. The molecule has 1 atom stereocenters. The van der Waals surface area contributed by atoms with Crippen LogP contribution >= 0.6 is 36.2 Å². The monoisotopic (exact) mass is 468 g/mol. The SMILES string of the molecule is Cl.Cl.O=C(Nc1nnc(-c2ccccc2)s1)N1CCNCC1COc1cccnc1. The predicted octanol–water partition coefficient (Wildman–Crippen LogP) is 3.33. The molecule has 1 fully saturated rings. The summed E-state index contributed by atoms with van der Waals surface area (Å²) in [5.41, 5.74) is 0.977. The van der Waals surface area contributed by atoms with E-state index in [1.807, 2.05) is 42.5 Å². The first kappa shape index (κ1) is 23.8. The lowest BCUT2D eigenvalue weighted by molar-refractivity contribution is 0.133. The molecule has 1 aliphatic heterocycles. The van der Waals surface area contributed by atoms with Crippen molar-refractivity contribution in [2.75, 3.05) is 31.6 Å². The van der Waals surface area contributed by atoms with Gasteiger partial charge >= 0.3 is 6.03 Å². The first-order valence-electron chi connectivity index (χ1n) is 9.00. The van der Waals surface area contributed by atoms with E-state index >= 15 is 0 Å². The molecule has 11 heteroatoms. The van der Waals surface area contributed by atoms with E-state index in [9.17, 15) is 4.79 Å². The summed E-state index contributed by atoms with van der Waals surface area (Å²) in [5, 5.41) is 15.7. The van der Waals surface area contributed by atoms with E-state index in [1.54, 1.807) is 17.3 Å². The Kier molecular flexibility index (Phi) is 9.25. The number of carbonyl (C=O) groups excluding carboxylic acids is 1. The average molecular weight is 469 g/mol. The minimum atomic E-state index is -0.197. The van der Waals surface area contributed by atoms with Gasteiger partial charge in [-0.05, 0) is 12.1 Å². The number of anilines is 1. The normalized spacial score (nSPS) is 15.5. The zero-order chi connectivity index (χ0) is 19.2. The summed E-state index contributed by atoms with van der Waals surface area (Å²) in [6, 6.07) is 13.2. The largest absolute Gasteiger partial charge is 0.490 e. The summed E-state index contributed by atoms with van der Waals surface area (Å²) in [4.78, 5) is 18.6. The first-order chi connectivity index (χ1) is 13.8. The molecule has 4 rings (SSSR count). The number of piperazine rings is 1. The molecule has 1 unspecified atom stereocenters. The minimum Gasteiger partial charge on any atom is -0.490 e. The van der Waals surface area contributed by atoms with Crippen molar-refractivity contribution in [3.05, 3.63) is 54.9 Å². The molecule has 2 N–H and O–H groups in total. The van der Waals surface area contributed by atoms with E-state index in [-0.39, 0.29) is 36.9 Å². The highest BCUT2D eigenvalue weighted by Crippen LogP contribution is 2.26. The summed E-state index contributed by atoms with van der Waals surface area (Å²) >= 11 is 1.35. The molecule has 160 valence electrons. The third-order valence-electron chi connectivity index (χ3n) is 4.35. The number of hydrogen-bond donors (Lipinski definition) is 2. The maximum absolute atomic E-state index is 12.8. The van der Waals surface area contributed by atoms with Gasteiger partial charge in [0.2, 0.25) is 5.13 Å². The minimum absolute atomic E-state index is 0. The van der Waals surface area contributed by atoms with Crippen LogP contribution in [0.25, 0.3) is 10.6 Å². The van der Waals surface area contributed by atoms with Crippen molar-refractivity contribution in [2.24, 2.45) is 0 Å².